The summed E-state index contributed by atoms with van der Waals surface area (Å²) in [4.78, 5) is 14.3. The van der Waals surface area contributed by atoms with E-state index in [9.17, 15) is 4.79 Å². The molecule has 0 radical (unpaired) electrons. The Labute approximate surface area is 127 Å². The largest absolute Gasteiger partial charge is 0.326 e. The minimum absolute atomic E-state index is 0.0349. The first-order valence-electron chi connectivity index (χ1n) is 7.72. The number of rotatable bonds is 9. The van der Waals surface area contributed by atoms with Crippen LogP contribution in [0, 0.1) is 11.3 Å². The lowest BCUT2D eigenvalue weighted by Crippen LogP contribution is -2.27. The predicted molar refractivity (Wildman–Crippen MR) is 86.0 cm³/mol. The van der Waals surface area contributed by atoms with E-state index in [4.69, 9.17) is 5.26 Å². The van der Waals surface area contributed by atoms with E-state index in [0.29, 0.717) is 12.0 Å². The SMILES string of the molecule is CCCN(CCC)CCCC(=O)Nc1ccc(C#N)cc1. The summed E-state index contributed by atoms with van der Waals surface area (Å²) < 4.78 is 0. The molecule has 21 heavy (non-hydrogen) atoms. The summed E-state index contributed by atoms with van der Waals surface area (Å²) in [5, 5.41) is 11.6. The molecule has 0 saturated heterocycles. The summed E-state index contributed by atoms with van der Waals surface area (Å²) in [5.41, 5.74) is 1.35. The first kappa shape index (κ1) is 17.2. The molecule has 0 unspecified atom stereocenters. The molecule has 0 fully saturated rings. The van der Waals surface area contributed by atoms with Gasteiger partial charge in [0.25, 0.3) is 0 Å². The van der Waals surface area contributed by atoms with Crippen molar-refractivity contribution < 1.29 is 4.79 Å². The van der Waals surface area contributed by atoms with Crippen LogP contribution in [0.4, 0.5) is 5.69 Å². The molecule has 0 aliphatic carbocycles. The highest BCUT2D eigenvalue weighted by molar-refractivity contribution is 5.90. The molecule has 0 aliphatic rings. The molecular formula is C17H25N3O. The summed E-state index contributed by atoms with van der Waals surface area (Å²) in [6.45, 7) is 7.54. The van der Waals surface area contributed by atoms with Gasteiger partial charge in [-0.2, -0.15) is 5.26 Å². The zero-order valence-corrected chi connectivity index (χ0v) is 13.1. The average Bonchev–Trinajstić information content (AvgIpc) is 2.48. The number of hydrogen-bond donors (Lipinski definition) is 1. The van der Waals surface area contributed by atoms with Gasteiger partial charge in [0.1, 0.15) is 0 Å². The molecule has 4 heteroatoms. The highest BCUT2D eigenvalue weighted by Gasteiger charge is 2.06. The van der Waals surface area contributed by atoms with E-state index in [1.54, 1.807) is 24.3 Å². The number of nitrogens with one attached hydrogen (secondary N) is 1. The van der Waals surface area contributed by atoms with Gasteiger partial charge in [-0.05, 0) is 63.2 Å². The van der Waals surface area contributed by atoms with Crippen LogP contribution in [0.15, 0.2) is 24.3 Å². The van der Waals surface area contributed by atoms with E-state index in [-0.39, 0.29) is 5.91 Å². The number of hydrogen-bond acceptors (Lipinski definition) is 3. The van der Waals surface area contributed by atoms with Crippen LogP contribution in [-0.4, -0.2) is 30.4 Å². The van der Waals surface area contributed by atoms with Crippen LogP contribution in [-0.2, 0) is 4.79 Å². The van der Waals surface area contributed by atoms with Crippen molar-refractivity contribution in [2.24, 2.45) is 0 Å². The third-order valence-corrected chi connectivity index (χ3v) is 3.26. The van der Waals surface area contributed by atoms with E-state index in [1.807, 2.05) is 0 Å². The second kappa shape index (κ2) is 9.95. The Hall–Kier alpha value is -1.86. The fourth-order valence-electron chi connectivity index (χ4n) is 2.28. The maximum atomic E-state index is 11.9. The van der Waals surface area contributed by atoms with Crippen molar-refractivity contribution in [2.75, 3.05) is 25.0 Å². The molecule has 0 saturated carbocycles. The van der Waals surface area contributed by atoms with Gasteiger partial charge in [0.05, 0.1) is 11.6 Å². The van der Waals surface area contributed by atoms with Crippen LogP contribution in [0.2, 0.25) is 0 Å². The standard InChI is InChI=1S/C17H25N3O/c1-3-11-20(12-4-2)13-5-6-17(21)19-16-9-7-15(14-18)8-10-16/h7-10H,3-6,11-13H2,1-2H3,(H,19,21). The Kier molecular flexibility index (Phi) is 8.15. The monoisotopic (exact) mass is 287 g/mol. The van der Waals surface area contributed by atoms with Gasteiger partial charge in [0.2, 0.25) is 5.91 Å². The zero-order chi connectivity index (χ0) is 15.5. The van der Waals surface area contributed by atoms with Crippen LogP contribution in [0.1, 0.15) is 45.1 Å². The fourth-order valence-corrected chi connectivity index (χ4v) is 2.28. The van der Waals surface area contributed by atoms with Crippen LogP contribution in [0.5, 0.6) is 0 Å². The van der Waals surface area contributed by atoms with Crippen molar-refractivity contribution in [3.63, 3.8) is 0 Å². The number of amides is 1. The highest BCUT2D eigenvalue weighted by Crippen LogP contribution is 2.09. The third kappa shape index (κ3) is 6.92. The van der Waals surface area contributed by atoms with Crippen molar-refractivity contribution in [1.82, 2.24) is 4.90 Å². The topological polar surface area (TPSA) is 56.1 Å². The lowest BCUT2D eigenvalue weighted by molar-refractivity contribution is -0.116. The molecule has 0 heterocycles. The highest BCUT2D eigenvalue weighted by atomic mass is 16.1. The molecule has 114 valence electrons. The third-order valence-electron chi connectivity index (χ3n) is 3.26. The Morgan fingerprint density at radius 3 is 2.29 bits per heavy atom. The molecule has 0 atom stereocenters. The molecule has 0 aliphatic heterocycles. The molecule has 1 aromatic carbocycles. The van der Waals surface area contributed by atoms with E-state index >= 15 is 0 Å². The van der Waals surface area contributed by atoms with E-state index in [2.05, 4.69) is 30.1 Å². The van der Waals surface area contributed by atoms with E-state index < -0.39 is 0 Å². The van der Waals surface area contributed by atoms with Crippen LogP contribution in [0.3, 0.4) is 0 Å². The van der Waals surface area contributed by atoms with Gasteiger partial charge in [-0.1, -0.05) is 13.8 Å². The van der Waals surface area contributed by atoms with Crippen molar-refractivity contribution >= 4 is 11.6 Å². The number of nitrogens with zero attached hydrogens (tertiary/aromatic N) is 2. The number of nitriles is 1. The lowest BCUT2D eigenvalue weighted by atomic mass is 10.2. The van der Waals surface area contributed by atoms with Gasteiger partial charge in [0, 0.05) is 12.1 Å². The lowest BCUT2D eigenvalue weighted by Gasteiger charge is -2.20. The van der Waals surface area contributed by atoms with E-state index in [1.165, 1.54) is 0 Å². The fraction of sp³-hybridized carbons (Fsp3) is 0.529. The zero-order valence-electron chi connectivity index (χ0n) is 13.1. The molecule has 4 nitrogen and oxygen atoms in total. The second-order valence-corrected chi connectivity index (χ2v) is 5.18. The molecule has 1 N–H and O–H groups in total. The summed E-state index contributed by atoms with van der Waals surface area (Å²) in [7, 11) is 0. The number of carbonyl (C=O) groups is 1. The van der Waals surface area contributed by atoms with Gasteiger partial charge in [0.15, 0.2) is 0 Å². The maximum Gasteiger partial charge on any atom is 0.224 e. The van der Waals surface area contributed by atoms with Crippen LogP contribution >= 0.6 is 0 Å². The smallest absolute Gasteiger partial charge is 0.224 e. The molecular weight excluding hydrogens is 262 g/mol. The van der Waals surface area contributed by atoms with Gasteiger partial charge in [-0.3, -0.25) is 4.79 Å². The van der Waals surface area contributed by atoms with Crippen molar-refractivity contribution in [1.29, 1.82) is 5.26 Å². The molecule has 0 bridgehead atoms. The first-order chi connectivity index (χ1) is 10.2. The van der Waals surface area contributed by atoms with Gasteiger partial charge >= 0.3 is 0 Å². The summed E-state index contributed by atoms with van der Waals surface area (Å²) >= 11 is 0. The first-order valence-corrected chi connectivity index (χ1v) is 7.72. The number of anilines is 1. The Bertz CT molecular complexity index is 456. The predicted octanol–water partition coefficient (Wildman–Crippen LogP) is 3.40. The quantitative estimate of drug-likeness (QED) is 0.757. The molecule has 0 spiro atoms. The minimum Gasteiger partial charge on any atom is -0.326 e. The maximum absolute atomic E-state index is 11.9. The summed E-state index contributed by atoms with van der Waals surface area (Å²) in [6.07, 6.45) is 3.71. The second-order valence-electron chi connectivity index (χ2n) is 5.18. The van der Waals surface area contributed by atoms with Crippen LogP contribution < -0.4 is 5.32 Å². The number of benzene rings is 1. The van der Waals surface area contributed by atoms with Crippen LogP contribution in [0.25, 0.3) is 0 Å². The van der Waals surface area contributed by atoms with E-state index in [0.717, 1.165) is 44.6 Å². The molecule has 1 rings (SSSR count). The minimum atomic E-state index is 0.0349. The average molecular weight is 287 g/mol. The normalized spacial score (nSPS) is 10.4. The molecule has 1 amide bonds. The van der Waals surface area contributed by atoms with Gasteiger partial charge in [-0.25, -0.2) is 0 Å². The van der Waals surface area contributed by atoms with Crippen molar-refractivity contribution in [3.05, 3.63) is 29.8 Å². The van der Waals surface area contributed by atoms with Gasteiger partial charge < -0.3 is 10.2 Å². The Morgan fingerprint density at radius 2 is 1.76 bits per heavy atom. The Morgan fingerprint density at radius 1 is 1.14 bits per heavy atom. The Balaban J connectivity index is 2.31. The summed E-state index contributed by atoms with van der Waals surface area (Å²) in [5.74, 6) is 0.0349. The molecule has 0 aromatic heterocycles. The van der Waals surface area contributed by atoms with Crippen molar-refractivity contribution in [2.45, 2.75) is 39.5 Å². The van der Waals surface area contributed by atoms with Gasteiger partial charge in [-0.15, -0.1) is 0 Å². The number of carbonyl (C=O) groups excluding carboxylic acids is 1. The summed E-state index contributed by atoms with van der Waals surface area (Å²) in [6, 6.07) is 9.00. The van der Waals surface area contributed by atoms with Crippen molar-refractivity contribution in [3.8, 4) is 6.07 Å². The molecule has 1 aromatic rings.